The number of nitrogens with one attached hydrogen (secondary N) is 1. The van der Waals surface area contributed by atoms with Gasteiger partial charge in [0.2, 0.25) is 0 Å². The molecular weight excluding hydrogens is 470 g/mol. The lowest BCUT2D eigenvalue weighted by Gasteiger charge is -2.65. The second kappa shape index (κ2) is 9.98. The summed E-state index contributed by atoms with van der Waals surface area (Å²) in [6.45, 7) is 9.18. The number of hydrogen-bond acceptors (Lipinski definition) is 4. The van der Waals surface area contributed by atoms with Crippen LogP contribution in [0.3, 0.4) is 0 Å². The Bertz CT molecular complexity index is 1170. The van der Waals surface area contributed by atoms with Crippen LogP contribution < -0.4 is 5.32 Å². The second-order valence-corrected chi connectivity index (χ2v) is 12.6. The van der Waals surface area contributed by atoms with Crippen LogP contribution in [0.25, 0.3) is 0 Å². The molecule has 2 saturated carbocycles. The van der Waals surface area contributed by atoms with Crippen molar-refractivity contribution in [3.05, 3.63) is 65.2 Å². The number of likely N-dealkylation sites (tertiary alicyclic amines) is 1. The molecule has 3 fully saturated rings. The highest BCUT2D eigenvalue weighted by atomic mass is 16.3. The number of carbonyl (C=O) groups excluding carboxylic acids is 1. The summed E-state index contributed by atoms with van der Waals surface area (Å²) in [6, 6.07) is 16.7. The first kappa shape index (κ1) is 25.9. The number of nitrogens with zero attached hydrogens (tertiary/aromatic N) is 2. The summed E-state index contributed by atoms with van der Waals surface area (Å²) in [5.41, 5.74) is 3.85. The van der Waals surface area contributed by atoms with Crippen LogP contribution in [-0.4, -0.2) is 66.1 Å². The summed E-state index contributed by atoms with van der Waals surface area (Å²) in [7, 11) is 2.04. The first-order valence-electron chi connectivity index (χ1n) is 15.0. The van der Waals surface area contributed by atoms with Crippen molar-refractivity contribution in [2.24, 2.45) is 17.3 Å². The average molecular weight is 516 g/mol. The van der Waals surface area contributed by atoms with Gasteiger partial charge in [0.05, 0.1) is 0 Å². The van der Waals surface area contributed by atoms with Crippen molar-refractivity contribution in [1.82, 2.24) is 15.1 Å². The van der Waals surface area contributed by atoms with Crippen LogP contribution in [-0.2, 0) is 11.8 Å². The van der Waals surface area contributed by atoms with Gasteiger partial charge in [-0.1, -0.05) is 31.2 Å². The number of carbonyl (C=O) groups is 1. The maximum absolute atomic E-state index is 13.6. The zero-order chi connectivity index (χ0) is 26.5. The number of hydrogen-bond donors (Lipinski definition) is 2. The molecule has 1 saturated heterocycles. The van der Waals surface area contributed by atoms with Crippen LogP contribution in [0.4, 0.5) is 0 Å². The number of fused-ring (bicyclic) bond motifs is 1. The molecule has 2 bridgehead atoms. The summed E-state index contributed by atoms with van der Waals surface area (Å²) in [4.78, 5) is 18.5. The Kier molecular flexibility index (Phi) is 6.80. The zero-order valence-corrected chi connectivity index (χ0v) is 23.5. The minimum atomic E-state index is 0.0333. The van der Waals surface area contributed by atoms with Crippen molar-refractivity contribution in [3.63, 3.8) is 0 Å². The maximum atomic E-state index is 13.6. The third kappa shape index (κ3) is 3.68. The van der Waals surface area contributed by atoms with Gasteiger partial charge in [-0.15, -0.1) is 0 Å². The Morgan fingerprint density at radius 1 is 1.13 bits per heavy atom. The van der Waals surface area contributed by atoms with Crippen molar-refractivity contribution in [2.45, 2.75) is 76.3 Å². The van der Waals surface area contributed by atoms with Gasteiger partial charge in [-0.25, -0.2) is 0 Å². The van der Waals surface area contributed by atoms with E-state index in [1.54, 1.807) is 0 Å². The highest BCUT2D eigenvalue weighted by molar-refractivity contribution is 5.94. The largest absolute Gasteiger partial charge is 0.508 e. The van der Waals surface area contributed by atoms with Gasteiger partial charge >= 0.3 is 0 Å². The predicted molar refractivity (Wildman–Crippen MR) is 153 cm³/mol. The van der Waals surface area contributed by atoms with Crippen LogP contribution >= 0.6 is 0 Å². The molecule has 3 aliphatic carbocycles. The van der Waals surface area contributed by atoms with Crippen LogP contribution in [0.15, 0.2) is 48.5 Å². The molecule has 38 heavy (non-hydrogen) atoms. The molecular formula is C33H45N3O2. The van der Waals surface area contributed by atoms with E-state index in [1.165, 1.54) is 36.8 Å². The van der Waals surface area contributed by atoms with Crippen molar-refractivity contribution >= 4 is 5.91 Å². The van der Waals surface area contributed by atoms with E-state index < -0.39 is 0 Å². The van der Waals surface area contributed by atoms with E-state index in [9.17, 15) is 9.90 Å². The zero-order valence-electron chi connectivity index (χ0n) is 23.5. The first-order valence-corrected chi connectivity index (χ1v) is 15.0. The average Bonchev–Trinajstić information content (AvgIpc) is 3.36. The van der Waals surface area contributed by atoms with Gasteiger partial charge in [0.1, 0.15) is 5.75 Å². The Morgan fingerprint density at radius 2 is 1.92 bits per heavy atom. The minimum Gasteiger partial charge on any atom is -0.508 e. The molecule has 2 N–H and O–H groups in total. The molecule has 5 nitrogen and oxygen atoms in total. The quantitative estimate of drug-likeness (QED) is 0.473. The van der Waals surface area contributed by atoms with Gasteiger partial charge in [0.25, 0.3) is 5.91 Å². The lowest BCUT2D eigenvalue weighted by Crippen LogP contribution is -2.69. The van der Waals surface area contributed by atoms with Crippen LogP contribution in [0, 0.1) is 17.3 Å². The third-order valence-corrected chi connectivity index (χ3v) is 11.2. The lowest BCUT2D eigenvalue weighted by atomic mass is 9.45. The van der Waals surface area contributed by atoms with Crippen molar-refractivity contribution < 1.29 is 9.90 Å². The van der Waals surface area contributed by atoms with E-state index in [4.69, 9.17) is 0 Å². The highest BCUT2D eigenvalue weighted by Gasteiger charge is 2.73. The molecule has 2 aromatic rings. The molecule has 1 heterocycles. The summed E-state index contributed by atoms with van der Waals surface area (Å²) in [5.74, 6) is 1.50. The number of piperidine rings is 1. The monoisotopic (exact) mass is 515 g/mol. The van der Waals surface area contributed by atoms with E-state index in [2.05, 4.69) is 41.1 Å². The summed E-state index contributed by atoms with van der Waals surface area (Å²) in [5, 5.41) is 14.3. The maximum Gasteiger partial charge on any atom is 0.253 e. The molecule has 2 aromatic carbocycles. The number of amides is 1. The van der Waals surface area contributed by atoms with Gasteiger partial charge < -0.3 is 15.3 Å². The van der Waals surface area contributed by atoms with Crippen LogP contribution in [0.2, 0.25) is 0 Å². The molecule has 0 radical (unpaired) electrons. The molecule has 1 amide bonds. The fourth-order valence-corrected chi connectivity index (χ4v) is 9.76. The fourth-order valence-electron chi connectivity index (χ4n) is 9.76. The Morgan fingerprint density at radius 3 is 2.71 bits per heavy atom. The van der Waals surface area contributed by atoms with E-state index >= 15 is 0 Å². The molecule has 6 unspecified atom stereocenters. The van der Waals surface area contributed by atoms with E-state index in [-0.39, 0.29) is 22.8 Å². The summed E-state index contributed by atoms with van der Waals surface area (Å²) < 4.78 is 0. The van der Waals surface area contributed by atoms with E-state index in [0.717, 1.165) is 51.0 Å². The SMILES string of the molecule is CCCNCCCN1CC2Cc3ccc(O)cc3C23C2CCC3(CCC2N(C)C(=O)c2ccccc2)C1C. The van der Waals surface area contributed by atoms with Crippen LogP contribution in [0.1, 0.15) is 73.9 Å². The Labute approximate surface area is 228 Å². The Balaban J connectivity index is 1.36. The molecule has 1 spiro atoms. The lowest BCUT2D eigenvalue weighted by molar-refractivity contribution is -0.115. The molecule has 5 heteroatoms. The first-order chi connectivity index (χ1) is 18.4. The number of benzene rings is 2. The third-order valence-electron chi connectivity index (χ3n) is 11.2. The normalized spacial score (nSPS) is 33.4. The van der Waals surface area contributed by atoms with E-state index in [1.807, 2.05) is 43.4 Å². The van der Waals surface area contributed by atoms with Crippen LogP contribution in [0.5, 0.6) is 5.75 Å². The van der Waals surface area contributed by atoms with Gasteiger partial charge in [0.15, 0.2) is 0 Å². The molecule has 4 aliphatic rings. The van der Waals surface area contributed by atoms with Gasteiger partial charge in [0, 0.05) is 36.7 Å². The smallest absolute Gasteiger partial charge is 0.253 e. The molecule has 0 aromatic heterocycles. The van der Waals surface area contributed by atoms with Crippen molar-refractivity contribution in [1.29, 1.82) is 0 Å². The minimum absolute atomic E-state index is 0.0333. The standard InChI is InChI=1S/C33H45N3O2/c1-4-17-34-18-8-19-36-22-26-20-25-11-12-27(37)21-29(25)33(26)28-13-15-32(33,23(36)2)16-14-30(28)35(3)31(38)24-9-6-5-7-10-24/h5-7,9-12,21,23,26,28,30,34,37H,4,8,13-20,22H2,1-3H3. The summed E-state index contributed by atoms with van der Waals surface area (Å²) in [6.07, 6.45) is 8.07. The van der Waals surface area contributed by atoms with Crippen molar-refractivity contribution in [2.75, 3.05) is 33.2 Å². The van der Waals surface area contributed by atoms with E-state index in [0.29, 0.717) is 23.6 Å². The van der Waals surface area contributed by atoms with Gasteiger partial charge in [-0.2, -0.15) is 0 Å². The number of aromatic hydroxyl groups is 1. The van der Waals surface area contributed by atoms with Gasteiger partial charge in [-0.05, 0) is 124 Å². The molecule has 6 atom stereocenters. The highest BCUT2D eigenvalue weighted by Crippen LogP contribution is 2.74. The van der Waals surface area contributed by atoms with Crippen molar-refractivity contribution in [3.8, 4) is 5.75 Å². The van der Waals surface area contributed by atoms with Gasteiger partial charge in [-0.3, -0.25) is 9.69 Å². The Hall–Kier alpha value is -2.37. The number of phenols is 1. The second-order valence-electron chi connectivity index (χ2n) is 12.6. The molecule has 1 aliphatic heterocycles. The topological polar surface area (TPSA) is 55.8 Å². The molecule has 204 valence electrons. The predicted octanol–water partition coefficient (Wildman–Crippen LogP) is 5.23. The summed E-state index contributed by atoms with van der Waals surface area (Å²) >= 11 is 0. The fraction of sp³-hybridized carbons (Fsp3) is 0.606. The number of phenolic OH excluding ortho intramolecular Hbond substituents is 1. The number of rotatable bonds is 8. The molecule has 6 rings (SSSR count).